The first-order valence-corrected chi connectivity index (χ1v) is 13.2. The van der Waals surface area contributed by atoms with E-state index in [-0.39, 0.29) is 40.8 Å². The van der Waals surface area contributed by atoms with E-state index in [1.54, 1.807) is 11.8 Å². The zero-order valence-electron chi connectivity index (χ0n) is 21.7. The molecule has 1 unspecified atom stereocenters. The van der Waals surface area contributed by atoms with Crippen LogP contribution in [0.5, 0.6) is 0 Å². The summed E-state index contributed by atoms with van der Waals surface area (Å²) in [5.41, 5.74) is -0.582. The van der Waals surface area contributed by atoms with Crippen molar-refractivity contribution in [1.82, 2.24) is 9.80 Å². The van der Waals surface area contributed by atoms with Crippen LogP contribution in [-0.2, 0) is 14.4 Å². The summed E-state index contributed by atoms with van der Waals surface area (Å²) in [4.78, 5) is 41.4. The van der Waals surface area contributed by atoms with Crippen LogP contribution in [-0.4, -0.2) is 44.6 Å². The Kier molecular flexibility index (Phi) is 9.78. The highest BCUT2D eigenvalue weighted by Crippen LogP contribution is 2.45. The van der Waals surface area contributed by atoms with Gasteiger partial charge in [0.25, 0.3) is 0 Å². The molecule has 0 spiro atoms. The number of likely N-dealkylation sites (tertiary alicyclic amines) is 2. The molecule has 1 atom stereocenters. The standard InChI is InChI=1S/C27H48N2O3/c1-7-8-9-10-11-12-13-14-15-16-23(28-24(31)17-18-25(28)32)22-19-26(3,4)29(21(2)30)27(5,6)20-22/h22-23H,7-20H2,1-6H3. The van der Waals surface area contributed by atoms with Gasteiger partial charge in [0.2, 0.25) is 17.7 Å². The van der Waals surface area contributed by atoms with Crippen LogP contribution < -0.4 is 0 Å². The molecular weight excluding hydrogens is 400 g/mol. The number of piperidine rings is 1. The highest BCUT2D eigenvalue weighted by molar-refractivity contribution is 6.02. The van der Waals surface area contributed by atoms with Crippen LogP contribution in [0.3, 0.4) is 0 Å². The molecule has 184 valence electrons. The van der Waals surface area contributed by atoms with Crippen LogP contribution in [0.1, 0.15) is 131 Å². The lowest BCUT2D eigenvalue weighted by atomic mass is 9.70. The Morgan fingerprint density at radius 3 is 1.72 bits per heavy atom. The number of rotatable bonds is 12. The minimum absolute atomic E-state index is 0.000494. The summed E-state index contributed by atoms with van der Waals surface area (Å²) in [5, 5.41) is 0. The monoisotopic (exact) mass is 448 g/mol. The van der Waals surface area contributed by atoms with Gasteiger partial charge in [-0.1, -0.05) is 64.7 Å². The van der Waals surface area contributed by atoms with E-state index >= 15 is 0 Å². The Hall–Kier alpha value is -1.39. The molecule has 0 radical (unpaired) electrons. The van der Waals surface area contributed by atoms with Crippen LogP contribution in [0.4, 0.5) is 0 Å². The smallest absolute Gasteiger partial charge is 0.229 e. The number of carbonyl (C=O) groups excluding carboxylic acids is 3. The number of hydrogen-bond acceptors (Lipinski definition) is 3. The normalized spacial score (nSPS) is 21.9. The van der Waals surface area contributed by atoms with Gasteiger partial charge in [-0.25, -0.2) is 0 Å². The number of amides is 3. The maximum atomic E-state index is 12.7. The van der Waals surface area contributed by atoms with Gasteiger partial charge < -0.3 is 4.90 Å². The molecule has 0 aliphatic carbocycles. The Labute approximate surface area is 196 Å². The van der Waals surface area contributed by atoms with Crippen molar-refractivity contribution < 1.29 is 14.4 Å². The van der Waals surface area contributed by atoms with Crippen molar-refractivity contribution in [2.45, 2.75) is 149 Å². The fraction of sp³-hybridized carbons (Fsp3) is 0.889. The first-order chi connectivity index (χ1) is 15.0. The highest BCUT2D eigenvalue weighted by Gasteiger charge is 2.50. The molecule has 2 saturated heterocycles. The van der Waals surface area contributed by atoms with Crippen LogP contribution in [0, 0.1) is 5.92 Å². The van der Waals surface area contributed by atoms with E-state index in [9.17, 15) is 14.4 Å². The molecule has 0 saturated carbocycles. The second-order valence-corrected chi connectivity index (χ2v) is 11.5. The van der Waals surface area contributed by atoms with Crippen molar-refractivity contribution in [2.75, 3.05) is 0 Å². The molecule has 32 heavy (non-hydrogen) atoms. The zero-order chi connectivity index (χ0) is 23.9. The minimum Gasteiger partial charge on any atom is -0.333 e. The Morgan fingerprint density at radius 2 is 1.28 bits per heavy atom. The number of imide groups is 1. The van der Waals surface area contributed by atoms with Crippen molar-refractivity contribution in [1.29, 1.82) is 0 Å². The molecule has 2 aliphatic rings. The Bertz CT molecular complexity index is 621. The summed E-state index contributed by atoms with van der Waals surface area (Å²) < 4.78 is 0. The number of carbonyl (C=O) groups is 3. The van der Waals surface area contributed by atoms with Crippen molar-refractivity contribution in [2.24, 2.45) is 5.92 Å². The van der Waals surface area contributed by atoms with Gasteiger partial charge in [-0.2, -0.15) is 0 Å². The van der Waals surface area contributed by atoms with Crippen LogP contribution in [0.15, 0.2) is 0 Å². The van der Waals surface area contributed by atoms with Crippen LogP contribution in [0.25, 0.3) is 0 Å². The van der Waals surface area contributed by atoms with E-state index in [0.29, 0.717) is 12.8 Å². The van der Waals surface area contributed by atoms with E-state index in [2.05, 4.69) is 34.6 Å². The van der Waals surface area contributed by atoms with Crippen molar-refractivity contribution in [3.8, 4) is 0 Å². The topological polar surface area (TPSA) is 57.7 Å². The highest BCUT2D eigenvalue weighted by atomic mass is 16.2. The second-order valence-electron chi connectivity index (χ2n) is 11.5. The summed E-state index contributed by atoms with van der Waals surface area (Å²) >= 11 is 0. The van der Waals surface area contributed by atoms with Crippen molar-refractivity contribution in [3.05, 3.63) is 0 Å². The van der Waals surface area contributed by atoms with Gasteiger partial charge >= 0.3 is 0 Å². The van der Waals surface area contributed by atoms with E-state index < -0.39 is 0 Å². The number of hydrogen-bond donors (Lipinski definition) is 0. The molecule has 0 aromatic rings. The third kappa shape index (κ3) is 6.81. The fourth-order valence-corrected chi connectivity index (χ4v) is 6.69. The lowest BCUT2D eigenvalue weighted by Gasteiger charge is -2.57. The van der Waals surface area contributed by atoms with Gasteiger partial charge in [0.05, 0.1) is 0 Å². The molecule has 5 heteroatoms. The van der Waals surface area contributed by atoms with Gasteiger partial charge in [-0.15, -0.1) is 0 Å². The predicted molar refractivity (Wildman–Crippen MR) is 130 cm³/mol. The van der Waals surface area contributed by atoms with Crippen molar-refractivity contribution >= 4 is 17.7 Å². The van der Waals surface area contributed by atoms with Crippen LogP contribution in [0.2, 0.25) is 0 Å². The van der Waals surface area contributed by atoms with Crippen LogP contribution >= 0.6 is 0 Å². The lowest BCUT2D eigenvalue weighted by molar-refractivity contribution is -0.156. The van der Waals surface area contributed by atoms with Gasteiger partial charge in [0.15, 0.2) is 0 Å². The molecule has 2 heterocycles. The largest absolute Gasteiger partial charge is 0.333 e. The minimum atomic E-state index is -0.291. The molecule has 0 bridgehead atoms. The molecule has 2 rings (SSSR count). The lowest BCUT2D eigenvalue weighted by Crippen LogP contribution is -2.64. The summed E-state index contributed by atoms with van der Waals surface area (Å²) in [6.45, 7) is 12.4. The summed E-state index contributed by atoms with van der Waals surface area (Å²) in [7, 11) is 0. The van der Waals surface area contributed by atoms with Gasteiger partial charge in [-0.3, -0.25) is 19.3 Å². The molecule has 2 aliphatic heterocycles. The molecule has 0 N–H and O–H groups in total. The number of unbranched alkanes of at least 4 members (excludes halogenated alkanes) is 8. The quantitative estimate of drug-likeness (QED) is 0.262. The van der Waals surface area contributed by atoms with Gasteiger partial charge in [-0.05, 0) is 52.9 Å². The van der Waals surface area contributed by atoms with E-state index in [1.165, 1.54) is 51.4 Å². The summed E-state index contributed by atoms with van der Waals surface area (Å²) in [5.74, 6) is 0.332. The molecule has 2 fully saturated rings. The van der Waals surface area contributed by atoms with E-state index in [1.807, 2.05) is 4.90 Å². The maximum absolute atomic E-state index is 12.7. The predicted octanol–water partition coefficient (Wildman–Crippen LogP) is 6.24. The zero-order valence-corrected chi connectivity index (χ0v) is 21.7. The molecule has 5 nitrogen and oxygen atoms in total. The summed E-state index contributed by atoms with van der Waals surface area (Å²) in [6.07, 6.45) is 14.6. The molecular formula is C27H48N2O3. The number of nitrogens with zero attached hydrogens (tertiary/aromatic N) is 2. The molecule has 3 amide bonds. The summed E-state index contributed by atoms with van der Waals surface area (Å²) in [6, 6.07) is -0.0327. The second kappa shape index (κ2) is 11.7. The SMILES string of the molecule is CCCCCCCCCCCC(C1CC(C)(C)N(C(C)=O)C(C)(C)C1)N1C(=O)CCC1=O. The fourth-order valence-electron chi connectivity index (χ4n) is 6.69. The van der Waals surface area contributed by atoms with Crippen molar-refractivity contribution in [3.63, 3.8) is 0 Å². The average molecular weight is 449 g/mol. The van der Waals surface area contributed by atoms with E-state index in [0.717, 1.165) is 25.7 Å². The van der Waals surface area contributed by atoms with E-state index in [4.69, 9.17) is 0 Å². The van der Waals surface area contributed by atoms with Gasteiger partial charge in [0, 0.05) is 36.9 Å². The third-order valence-corrected chi connectivity index (χ3v) is 7.62. The Morgan fingerprint density at radius 1 is 0.844 bits per heavy atom. The first-order valence-electron chi connectivity index (χ1n) is 13.2. The third-order valence-electron chi connectivity index (χ3n) is 7.62. The first kappa shape index (κ1) is 26.9. The maximum Gasteiger partial charge on any atom is 0.229 e. The molecule has 0 aromatic heterocycles. The Balaban J connectivity index is 2.03. The molecule has 0 aromatic carbocycles. The average Bonchev–Trinajstić information content (AvgIpc) is 2.99. The van der Waals surface area contributed by atoms with Gasteiger partial charge in [0.1, 0.15) is 0 Å².